The van der Waals surface area contributed by atoms with Crippen molar-refractivity contribution in [1.29, 1.82) is 0 Å². The predicted molar refractivity (Wildman–Crippen MR) is 450 cm³/mol. The highest BCUT2D eigenvalue weighted by Crippen LogP contribution is 2.52. The van der Waals surface area contributed by atoms with E-state index in [-0.39, 0.29) is 35.5 Å². The molecular formula is C100H104F2N2O4. The van der Waals surface area contributed by atoms with Crippen LogP contribution in [0.25, 0.3) is 105 Å². The van der Waals surface area contributed by atoms with Gasteiger partial charge in [0.25, 0.3) is 0 Å². The molecule has 0 atom stereocenters. The Balaban J connectivity index is 0.840. The first kappa shape index (κ1) is 75.5. The van der Waals surface area contributed by atoms with E-state index in [1.54, 1.807) is 0 Å². The highest BCUT2D eigenvalue weighted by molar-refractivity contribution is 6.11. The molecule has 0 unspecified atom stereocenters. The van der Waals surface area contributed by atoms with Crippen LogP contribution in [0.15, 0.2) is 237 Å². The Hall–Kier alpha value is -10.7. The zero-order valence-electron chi connectivity index (χ0n) is 65.8. The average molecular weight is 1440 g/mol. The van der Waals surface area contributed by atoms with Gasteiger partial charge in [0.2, 0.25) is 0 Å². The number of unbranched alkanes of at least 4 members (excludes halogenated alkanes) is 1. The van der Waals surface area contributed by atoms with Crippen molar-refractivity contribution < 1.29 is 28.5 Å². The highest BCUT2D eigenvalue weighted by atomic mass is 19.1. The molecule has 0 bridgehead atoms. The van der Waals surface area contributed by atoms with Crippen LogP contribution in [0, 0.1) is 36.3 Å². The van der Waals surface area contributed by atoms with Gasteiger partial charge in [-0.25, -0.2) is 8.78 Å². The minimum absolute atomic E-state index is 0.00222. The Morgan fingerprint density at radius 1 is 0.370 bits per heavy atom. The number of aryl methyl sites for hydroxylation is 2. The summed E-state index contributed by atoms with van der Waals surface area (Å²) >= 11 is 0. The first-order chi connectivity index (χ1) is 51.4. The van der Waals surface area contributed by atoms with Crippen LogP contribution in [-0.2, 0) is 10.8 Å². The summed E-state index contributed by atoms with van der Waals surface area (Å²) in [5, 5.41) is 32.3. The fourth-order valence-corrected chi connectivity index (χ4v) is 16.5. The number of ether oxygens (including phenoxy) is 2. The van der Waals surface area contributed by atoms with E-state index in [0.29, 0.717) is 80.9 Å². The minimum atomic E-state index is -0.453. The molecule has 552 valence electrons. The van der Waals surface area contributed by atoms with E-state index < -0.39 is 22.5 Å². The van der Waals surface area contributed by atoms with Gasteiger partial charge in [0.05, 0.1) is 35.6 Å². The van der Waals surface area contributed by atoms with Crippen LogP contribution in [0.4, 0.5) is 20.2 Å². The zero-order valence-corrected chi connectivity index (χ0v) is 65.8. The number of nitrogens with zero attached hydrogens (tertiary/aromatic N) is 1. The Bertz CT molecular complexity index is 5360. The molecule has 0 saturated carbocycles. The number of benzene rings is 12. The van der Waals surface area contributed by atoms with Gasteiger partial charge in [-0.3, -0.25) is 0 Å². The summed E-state index contributed by atoms with van der Waals surface area (Å²) in [5.41, 5.74) is 20.7. The van der Waals surface area contributed by atoms with Gasteiger partial charge >= 0.3 is 0 Å². The van der Waals surface area contributed by atoms with Crippen molar-refractivity contribution in [2.24, 2.45) is 10.8 Å². The van der Waals surface area contributed by atoms with Crippen LogP contribution in [0.2, 0.25) is 0 Å². The molecule has 0 aliphatic carbocycles. The number of anilines is 2. The third kappa shape index (κ3) is 16.4. The third-order valence-electron chi connectivity index (χ3n) is 21.3. The smallest absolute Gasteiger partial charge is 0.147 e. The second-order valence-electron chi connectivity index (χ2n) is 34.2. The number of hydrogen-bond donors (Lipinski definition) is 3. The monoisotopic (exact) mass is 1430 g/mol. The molecule has 3 N–H and O–H groups in total. The van der Waals surface area contributed by atoms with Crippen LogP contribution in [0.1, 0.15) is 168 Å². The summed E-state index contributed by atoms with van der Waals surface area (Å²) < 4.78 is 48.6. The quantitative estimate of drug-likeness (QED) is 0.0439. The number of halogens is 2. The van der Waals surface area contributed by atoms with E-state index in [4.69, 9.17) is 9.47 Å². The summed E-state index contributed by atoms with van der Waals surface area (Å²) in [4.78, 5) is 0. The summed E-state index contributed by atoms with van der Waals surface area (Å²) in [6, 6.07) is 80.6. The van der Waals surface area contributed by atoms with Gasteiger partial charge in [-0.2, -0.15) is 0 Å². The van der Waals surface area contributed by atoms with Gasteiger partial charge in [-0.15, -0.1) is 0 Å². The molecule has 0 radical (unpaired) electrons. The number of phenols is 2. The summed E-state index contributed by atoms with van der Waals surface area (Å²) in [7, 11) is 0. The van der Waals surface area contributed by atoms with Crippen LogP contribution in [0.5, 0.6) is 23.0 Å². The normalized spacial score (nSPS) is 12.3. The lowest BCUT2D eigenvalue weighted by atomic mass is 9.71. The van der Waals surface area contributed by atoms with Crippen molar-refractivity contribution >= 4 is 33.2 Å². The van der Waals surface area contributed by atoms with E-state index >= 15 is 8.78 Å². The van der Waals surface area contributed by atoms with Gasteiger partial charge < -0.3 is 29.6 Å². The zero-order chi connectivity index (χ0) is 76.7. The van der Waals surface area contributed by atoms with Crippen molar-refractivity contribution in [3.8, 4) is 107 Å². The molecule has 108 heavy (non-hydrogen) atoms. The maximum atomic E-state index is 16.4. The molecular weight excluding hydrogens is 1330 g/mol. The Morgan fingerprint density at radius 3 is 1.24 bits per heavy atom. The Morgan fingerprint density at radius 2 is 0.769 bits per heavy atom. The summed E-state index contributed by atoms with van der Waals surface area (Å²) in [6.45, 7) is 35.5. The molecule has 0 spiro atoms. The first-order valence-electron chi connectivity index (χ1n) is 38.4. The number of aromatic nitrogens is 1. The van der Waals surface area contributed by atoms with Crippen molar-refractivity contribution in [2.75, 3.05) is 18.5 Å². The average Bonchev–Trinajstić information content (AvgIpc) is 1.56. The molecule has 6 nitrogen and oxygen atoms in total. The lowest BCUT2D eigenvalue weighted by molar-refractivity contribution is 0.265. The van der Waals surface area contributed by atoms with Crippen LogP contribution >= 0.6 is 0 Å². The van der Waals surface area contributed by atoms with E-state index in [1.807, 2.05) is 62.4 Å². The minimum Gasteiger partial charge on any atom is -0.505 e. The van der Waals surface area contributed by atoms with Crippen LogP contribution in [-0.4, -0.2) is 28.0 Å². The molecule has 1 aromatic heterocycles. The Kier molecular flexibility index (Phi) is 21.3. The number of nitrogens with one attached hydrogen (secondary N) is 1. The lowest BCUT2D eigenvalue weighted by Crippen LogP contribution is -2.25. The van der Waals surface area contributed by atoms with Gasteiger partial charge in [-0.05, 0) is 223 Å². The Labute approximate surface area is 639 Å². The largest absolute Gasteiger partial charge is 0.505 e. The van der Waals surface area contributed by atoms with E-state index in [0.717, 1.165) is 107 Å². The molecule has 1 heterocycles. The van der Waals surface area contributed by atoms with E-state index in [2.05, 4.69) is 271 Å². The molecule has 13 rings (SSSR count). The number of phenolic OH excluding ortho intramolecular Hbond substituents is 2. The molecule has 0 aliphatic rings. The highest BCUT2D eigenvalue weighted by Gasteiger charge is 2.33. The van der Waals surface area contributed by atoms with Gasteiger partial charge in [0.15, 0.2) is 0 Å². The van der Waals surface area contributed by atoms with Crippen LogP contribution in [0.3, 0.4) is 0 Å². The number of rotatable bonds is 23. The van der Waals surface area contributed by atoms with Crippen LogP contribution < -0.4 is 14.8 Å². The van der Waals surface area contributed by atoms with Crippen molar-refractivity contribution in [3.63, 3.8) is 0 Å². The number of hydrogen-bond acceptors (Lipinski definition) is 5. The maximum Gasteiger partial charge on any atom is 0.147 e. The molecule has 13 aromatic rings. The topological polar surface area (TPSA) is 75.9 Å². The molecule has 0 saturated heterocycles. The van der Waals surface area contributed by atoms with Crippen molar-refractivity contribution in [2.45, 2.75) is 159 Å². The summed E-state index contributed by atoms with van der Waals surface area (Å²) in [6.07, 6.45) is 2.69. The lowest BCUT2D eigenvalue weighted by Gasteiger charge is -2.34. The number of aromatic hydroxyl groups is 2. The fraction of sp³-hybridized carbons (Fsp3) is 0.280. The van der Waals surface area contributed by atoms with Crippen molar-refractivity contribution in [3.05, 3.63) is 282 Å². The molecule has 12 aromatic carbocycles. The van der Waals surface area contributed by atoms with Crippen molar-refractivity contribution in [1.82, 2.24) is 4.57 Å². The third-order valence-corrected chi connectivity index (χ3v) is 21.3. The standard InChI is InChI=1S/C100H104F2N2O4/c1-62(2)70-31-25-33-72(49-70)68-35-37-69(38-36-68)81-42-39-74(73-34-26-32-71(50-73)63(3)4)51-88(81)103-89-56-77(99(13,14)60-97(7,8)9)54-84(93(89)105)86-58-79(101)47-64(5)95(86)107-45-23-24-46-108-96-65(6)48-80(102)59-87(96)85-55-78(100(15,16)61-98(10,11)12)57-92(94(85)106)104-90-52-75(66-27-19-17-20-28-66)40-43-82(90)83-44-41-76(53-91(83)104)67-29-21-18-22-30-67/h17-22,25-44,47-59,62-63,103,105-106H,23-24,45-46,60-61H2,1-16H3. The predicted octanol–water partition coefficient (Wildman–Crippen LogP) is 28.4. The first-order valence-corrected chi connectivity index (χ1v) is 38.4. The molecule has 0 fully saturated rings. The molecule has 8 heteroatoms. The second kappa shape index (κ2) is 30.5. The SMILES string of the molecule is Cc1cc(F)cc(-c2cc(C(C)(C)CC(C)(C)C)cc(Nc3cc(-c4cccc(C(C)C)c4)ccc3-c3ccc(-c4cccc(C(C)C)c4)cc3)c2O)c1OCCCCOc1c(C)cc(F)cc1-c1cc(C(C)(C)CC(C)(C)C)cc(-n2c3cc(-c4ccccc4)ccc3c3ccc(-c4ccccc4)cc32)c1O. The van der Waals surface area contributed by atoms with E-state index in [9.17, 15) is 10.2 Å². The molecule has 0 amide bonds. The summed E-state index contributed by atoms with van der Waals surface area (Å²) in [5.74, 6) is 0.724. The maximum absolute atomic E-state index is 16.4. The van der Waals surface area contributed by atoms with E-state index in [1.165, 1.54) is 35.4 Å². The van der Waals surface area contributed by atoms with Gasteiger partial charge in [0.1, 0.15) is 34.6 Å². The molecule has 0 aliphatic heterocycles. The number of fused-ring (bicyclic) bond motifs is 3. The van der Waals surface area contributed by atoms with Gasteiger partial charge in [0, 0.05) is 44.3 Å². The van der Waals surface area contributed by atoms with Gasteiger partial charge in [-0.1, -0.05) is 267 Å². The second-order valence-corrected chi connectivity index (χ2v) is 34.2. The fourth-order valence-electron chi connectivity index (χ4n) is 16.5.